The van der Waals surface area contributed by atoms with Gasteiger partial charge >= 0.3 is 6.18 Å². The smallest absolute Gasteiger partial charge is 0.368 e. The maximum absolute atomic E-state index is 13.1. The van der Waals surface area contributed by atoms with E-state index < -0.39 is 21.8 Å². The minimum atomic E-state index is -4.42. The lowest BCUT2D eigenvalue weighted by atomic mass is 10.1. The average molecular weight is 350 g/mol. The molecule has 1 heterocycles. The maximum Gasteiger partial charge on any atom is 0.418 e. The third-order valence-corrected chi connectivity index (χ3v) is 5.89. The fourth-order valence-electron chi connectivity index (χ4n) is 2.65. The molecule has 130 valence electrons. The van der Waals surface area contributed by atoms with Crippen molar-refractivity contribution in [1.29, 1.82) is 0 Å². The van der Waals surface area contributed by atoms with Crippen molar-refractivity contribution in [3.05, 3.63) is 29.8 Å². The molecule has 0 radical (unpaired) electrons. The van der Waals surface area contributed by atoms with Crippen molar-refractivity contribution in [3.63, 3.8) is 0 Å². The van der Waals surface area contributed by atoms with Crippen molar-refractivity contribution >= 4 is 15.7 Å². The number of nitrogens with zero attached hydrogens (tertiary/aromatic N) is 2. The van der Waals surface area contributed by atoms with Crippen LogP contribution in [0.4, 0.5) is 18.9 Å². The van der Waals surface area contributed by atoms with Crippen molar-refractivity contribution in [2.75, 3.05) is 36.8 Å². The van der Waals surface area contributed by atoms with Crippen LogP contribution >= 0.6 is 0 Å². The van der Waals surface area contributed by atoms with Crippen molar-refractivity contribution in [2.45, 2.75) is 25.9 Å². The first-order valence-electron chi connectivity index (χ1n) is 7.64. The quantitative estimate of drug-likeness (QED) is 0.820. The summed E-state index contributed by atoms with van der Waals surface area (Å²) in [6.07, 6.45) is -3.03. The normalized spacial score (nSPS) is 17.5. The summed E-state index contributed by atoms with van der Waals surface area (Å²) < 4.78 is 64.9. The number of para-hydroxylation sites is 1. The van der Waals surface area contributed by atoms with Gasteiger partial charge in [0.1, 0.15) is 0 Å². The van der Waals surface area contributed by atoms with Crippen LogP contribution in [0, 0.1) is 0 Å². The molecule has 1 aliphatic heterocycles. The first-order chi connectivity index (χ1) is 10.8. The molecule has 0 unspecified atom stereocenters. The molecule has 0 N–H and O–H groups in total. The minimum absolute atomic E-state index is 0.0998. The second kappa shape index (κ2) is 7.09. The predicted octanol–water partition coefficient (Wildman–Crippen LogP) is 2.96. The van der Waals surface area contributed by atoms with Gasteiger partial charge in [-0.2, -0.15) is 17.5 Å². The largest absolute Gasteiger partial charge is 0.418 e. The number of piperazine rings is 1. The Bertz CT molecular complexity index is 624. The molecular weight excluding hydrogens is 329 g/mol. The molecule has 0 atom stereocenters. The summed E-state index contributed by atoms with van der Waals surface area (Å²) in [5.74, 6) is 0.0998. The van der Waals surface area contributed by atoms with Gasteiger partial charge in [0.25, 0.3) is 0 Å². The highest BCUT2D eigenvalue weighted by Gasteiger charge is 2.36. The van der Waals surface area contributed by atoms with Gasteiger partial charge in [-0.1, -0.05) is 25.5 Å². The Hall–Kier alpha value is -1.28. The lowest BCUT2D eigenvalue weighted by Crippen LogP contribution is -2.49. The van der Waals surface area contributed by atoms with E-state index in [0.29, 0.717) is 6.42 Å². The summed E-state index contributed by atoms with van der Waals surface area (Å²) in [5, 5.41) is 0. The number of unbranched alkanes of at least 4 members (excludes halogenated alkanes) is 1. The van der Waals surface area contributed by atoms with Crippen molar-refractivity contribution in [3.8, 4) is 0 Å². The van der Waals surface area contributed by atoms with E-state index in [1.165, 1.54) is 16.4 Å². The number of alkyl halides is 3. The summed E-state index contributed by atoms with van der Waals surface area (Å²) in [7, 11) is -3.31. The summed E-state index contributed by atoms with van der Waals surface area (Å²) in [6.45, 7) is 2.88. The molecule has 2 rings (SSSR count). The van der Waals surface area contributed by atoms with E-state index in [4.69, 9.17) is 0 Å². The van der Waals surface area contributed by atoms with Crippen molar-refractivity contribution in [2.24, 2.45) is 0 Å². The highest BCUT2D eigenvalue weighted by Crippen LogP contribution is 2.36. The first-order valence-corrected chi connectivity index (χ1v) is 9.25. The zero-order valence-corrected chi connectivity index (χ0v) is 13.8. The monoisotopic (exact) mass is 350 g/mol. The average Bonchev–Trinajstić information content (AvgIpc) is 2.52. The molecule has 4 nitrogen and oxygen atoms in total. The zero-order valence-electron chi connectivity index (χ0n) is 13.0. The van der Waals surface area contributed by atoms with Crippen LogP contribution in [0.15, 0.2) is 24.3 Å². The number of hydrogen-bond donors (Lipinski definition) is 0. The number of benzene rings is 1. The SMILES string of the molecule is CCCCS(=O)(=O)N1CCN(c2ccccc2C(F)(F)F)CC1. The number of anilines is 1. The molecule has 0 saturated carbocycles. The highest BCUT2D eigenvalue weighted by atomic mass is 32.2. The standard InChI is InChI=1S/C15H21F3N2O2S/c1-2-3-12-23(21,22)20-10-8-19(9-11-20)14-7-5-4-6-13(14)15(16,17)18/h4-7H,2-3,8-12H2,1H3. The third-order valence-electron chi connectivity index (χ3n) is 3.94. The Kier molecular flexibility index (Phi) is 5.57. The zero-order chi connectivity index (χ0) is 17.1. The molecule has 0 aliphatic carbocycles. The van der Waals surface area contributed by atoms with E-state index >= 15 is 0 Å². The van der Waals surface area contributed by atoms with E-state index in [0.717, 1.165) is 12.5 Å². The molecule has 8 heteroatoms. The molecule has 0 spiro atoms. The van der Waals surface area contributed by atoms with Gasteiger partial charge in [-0.05, 0) is 18.6 Å². The van der Waals surface area contributed by atoms with Gasteiger partial charge in [-0.25, -0.2) is 8.42 Å². The second-order valence-electron chi connectivity index (χ2n) is 5.57. The number of halogens is 3. The molecular formula is C15H21F3N2O2S. The van der Waals surface area contributed by atoms with Crippen LogP contribution in [0.1, 0.15) is 25.3 Å². The van der Waals surface area contributed by atoms with Crippen molar-refractivity contribution in [1.82, 2.24) is 4.31 Å². The van der Waals surface area contributed by atoms with Gasteiger partial charge < -0.3 is 4.90 Å². The van der Waals surface area contributed by atoms with Gasteiger partial charge in [0.2, 0.25) is 10.0 Å². The van der Waals surface area contributed by atoms with Crippen LogP contribution in [0.2, 0.25) is 0 Å². The second-order valence-corrected chi connectivity index (χ2v) is 7.66. The first kappa shape index (κ1) is 18.1. The molecule has 0 aromatic heterocycles. The summed E-state index contributed by atoms with van der Waals surface area (Å²) >= 11 is 0. The van der Waals surface area contributed by atoms with Gasteiger partial charge in [-0.15, -0.1) is 0 Å². The Morgan fingerprint density at radius 1 is 1.09 bits per heavy atom. The Labute approximate surface area is 134 Å². The number of hydrogen-bond acceptors (Lipinski definition) is 3. The number of rotatable bonds is 5. The molecule has 1 saturated heterocycles. The van der Waals surface area contributed by atoms with Crippen LogP contribution < -0.4 is 4.90 Å². The molecule has 1 fully saturated rings. The maximum atomic E-state index is 13.1. The van der Waals surface area contributed by atoms with E-state index in [1.54, 1.807) is 11.0 Å². The summed E-state index contributed by atoms with van der Waals surface area (Å²) in [6, 6.07) is 5.41. The summed E-state index contributed by atoms with van der Waals surface area (Å²) in [5.41, 5.74) is -0.562. The molecule has 23 heavy (non-hydrogen) atoms. The van der Waals surface area contributed by atoms with E-state index in [1.807, 2.05) is 6.92 Å². The lowest BCUT2D eigenvalue weighted by molar-refractivity contribution is -0.137. The molecule has 0 bridgehead atoms. The lowest BCUT2D eigenvalue weighted by Gasteiger charge is -2.36. The van der Waals surface area contributed by atoms with E-state index in [2.05, 4.69) is 0 Å². The number of sulfonamides is 1. The third kappa shape index (κ3) is 4.38. The summed E-state index contributed by atoms with van der Waals surface area (Å²) in [4.78, 5) is 1.61. The van der Waals surface area contributed by atoms with Gasteiger partial charge in [0.05, 0.1) is 11.3 Å². The van der Waals surface area contributed by atoms with Gasteiger partial charge in [0, 0.05) is 31.9 Å². The molecule has 1 aromatic carbocycles. The van der Waals surface area contributed by atoms with Gasteiger partial charge in [-0.3, -0.25) is 0 Å². The van der Waals surface area contributed by atoms with Crippen LogP contribution in [0.25, 0.3) is 0 Å². The van der Waals surface area contributed by atoms with Gasteiger partial charge in [0.15, 0.2) is 0 Å². The Morgan fingerprint density at radius 2 is 1.70 bits per heavy atom. The molecule has 1 aromatic rings. The molecule has 0 amide bonds. The highest BCUT2D eigenvalue weighted by molar-refractivity contribution is 7.89. The van der Waals surface area contributed by atoms with Crippen LogP contribution in [0.3, 0.4) is 0 Å². The van der Waals surface area contributed by atoms with Crippen LogP contribution in [-0.4, -0.2) is 44.7 Å². The minimum Gasteiger partial charge on any atom is -0.368 e. The van der Waals surface area contributed by atoms with Crippen molar-refractivity contribution < 1.29 is 21.6 Å². The van der Waals surface area contributed by atoms with E-state index in [-0.39, 0.29) is 37.6 Å². The fourth-order valence-corrected chi connectivity index (χ4v) is 4.28. The van der Waals surface area contributed by atoms with E-state index in [9.17, 15) is 21.6 Å². The molecule has 1 aliphatic rings. The fraction of sp³-hybridized carbons (Fsp3) is 0.600. The van der Waals surface area contributed by atoms with Crippen LogP contribution in [-0.2, 0) is 16.2 Å². The Morgan fingerprint density at radius 3 is 2.26 bits per heavy atom. The Balaban J connectivity index is 2.09. The topological polar surface area (TPSA) is 40.6 Å². The van der Waals surface area contributed by atoms with Crippen LogP contribution in [0.5, 0.6) is 0 Å². The predicted molar refractivity (Wildman–Crippen MR) is 83.9 cm³/mol.